The molecule has 2 nitrogen and oxygen atoms in total. The van der Waals surface area contributed by atoms with Gasteiger partial charge in [0.25, 0.3) is 0 Å². The number of halogens is 1. The predicted molar refractivity (Wildman–Crippen MR) is 66.5 cm³/mol. The molecule has 1 atom stereocenters. The maximum absolute atomic E-state index is 3.54. The molecule has 1 aromatic rings. The summed E-state index contributed by atoms with van der Waals surface area (Å²) in [6.45, 7) is 3.43. The summed E-state index contributed by atoms with van der Waals surface area (Å²) in [4.78, 5) is 0. The van der Waals surface area contributed by atoms with Gasteiger partial charge in [-0.1, -0.05) is 28.1 Å². The summed E-state index contributed by atoms with van der Waals surface area (Å²) in [7, 11) is 4.30. The van der Waals surface area contributed by atoms with Crippen LogP contribution in [0.4, 0.5) is 0 Å². The third-order valence-electron chi connectivity index (χ3n) is 3.60. The van der Waals surface area contributed by atoms with E-state index in [2.05, 4.69) is 71.2 Å². The Labute approximate surface area is 100.0 Å². The van der Waals surface area contributed by atoms with Crippen LogP contribution in [-0.2, 0) is 5.54 Å². The molecule has 0 amide bonds. The summed E-state index contributed by atoms with van der Waals surface area (Å²) in [6.07, 6.45) is 1.18. The Kier molecular flexibility index (Phi) is 2.88. The summed E-state index contributed by atoms with van der Waals surface area (Å²) >= 11 is 3.54. The van der Waals surface area contributed by atoms with E-state index in [1.54, 1.807) is 0 Å². The molecule has 1 unspecified atom stereocenters. The van der Waals surface area contributed by atoms with Crippen molar-refractivity contribution in [1.29, 1.82) is 0 Å². The van der Waals surface area contributed by atoms with Gasteiger partial charge in [0.1, 0.15) is 0 Å². The van der Waals surface area contributed by atoms with Crippen LogP contribution in [0.1, 0.15) is 18.9 Å². The number of rotatable bonds is 1. The molecule has 1 saturated heterocycles. The number of nitrogens with zero attached hydrogens (tertiary/aromatic N) is 2. The van der Waals surface area contributed by atoms with Crippen LogP contribution in [0.25, 0.3) is 0 Å². The van der Waals surface area contributed by atoms with Gasteiger partial charge in [-0.3, -0.25) is 0 Å². The largest absolute Gasteiger partial charge is 0.244 e. The van der Waals surface area contributed by atoms with E-state index < -0.39 is 0 Å². The summed E-state index contributed by atoms with van der Waals surface area (Å²) < 4.78 is 1.16. The van der Waals surface area contributed by atoms with E-state index in [1.807, 2.05) is 0 Å². The molecule has 0 saturated carbocycles. The monoisotopic (exact) mass is 268 g/mol. The minimum absolute atomic E-state index is 0.137. The van der Waals surface area contributed by atoms with Crippen LogP contribution in [0.15, 0.2) is 28.7 Å². The first-order chi connectivity index (χ1) is 7.04. The third-order valence-corrected chi connectivity index (χ3v) is 4.09. The molecule has 0 radical (unpaired) electrons. The molecule has 0 aliphatic carbocycles. The van der Waals surface area contributed by atoms with Gasteiger partial charge < -0.3 is 0 Å². The highest BCUT2D eigenvalue weighted by molar-refractivity contribution is 9.10. The maximum atomic E-state index is 3.54. The van der Waals surface area contributed by atoms with Gasteiger partial charge in [-0.05, 0) is 31.0 Å². The minimum Gasteiger partial charge on any atom is -0.244 e. The molecule has 1 aliphatic heterocycles. The first-order valence-corrected chi connectivity index (χ1v) is 6.04. The van der Waals surface area contributed by atoms with Gasteiger partial charge >= 0.3 is 0 Å². The molecule has 3 heteroatoms. The van der Waals surface area contributed by atoms with Crippen LogP contribution >= 0.6 is 15.9 Å². The van der Waals surface area contributed by atoms with Crippen LogP contribution in [-0.4, -0.2) is 30.7 Å². The van der Waals surface area contributed by atoms with Crippen LogP contribution in [0.3, 0.4) is 0 Å². The Hall–Kier alpha value is -0.380. The van der Waals surface area contributed by atoms with Crippen molar-refractivity contribution >= 4 is 15.9 Å². The fourth-order valence-electron chi connectivity index (χ4n) is 2.22. The second kappa shape index (κ2) is 3.89. The van der Waals surface area contributed by atoms with Gasteiger partial charge in [0.05, 0.1) is 5.54 Å². The quantitative estimate of drug-likeness (QED) is 0.773. The van der Waals surface area contributed by atoms with Crippen molar-refractivity contribution in [3.8, 4) is 0 Å². The second-order valence-corrected chi connectivity index (χ2v) is 5.35. The fraction of sp³-hybridized carbons (Fsp3) is 0.500. The molecule has 1 aromatic carbocycles. The Morgan fingerprint density at radius 3 is 2.60 bits per heavy atom. The molecule has 0 N–H and O–H groups in total. The van der Waals surface area contributed by atoms with Crippen LogP contribution in [0.5, 0.6) is 0 Å². The summed E-state index contributed by atoms with van der Waals surface area (Å²) in [5.41, 5.74) is 1.52. The lowest BCUT2D eigenvalue weighted by atomic mass is 9.90. The molecule has 2 rings (SSSR count). The van der Waals surface area contributed by atoms with Gasteiger partial charge in [0, 0.05) is 25.1 Å². The number of hydrogen-bond acceptors (Lipinski definition) is 2. The average Bonchev–Trinajstić information content (AvgIpc) is 2.48. The molecule has 15 heavy (non-hydrogen) atoms. The Morgan fingerprint density at radius 2 is 2.07 bits per heavy atom. The molecular formula is C12H17BrN2. The van der Waals surface area contributed by atoms with Gasteiger partial charge in [-0.25, -0.2) is 10.0 Å². The van der Waals surface area contributed by atoms with Crippen LogP contribution in [0.2, 0.25) is 0 Å². The standard InChI is InChI=1S/C12H17BrN2/c1-12(7-8-14(2)15(12)3)10-5-4-6-11(13)9-10/h4-6,9H,7-8H2,1-3H3. The molecule has 0 spiro atoms. The van der Waals surface area contributed by atoms with E-state index in [0.29, 0.717) is 0 Å². The van der Waals surface area contributed by atoms with Crippen molar-refractivity contribution in [2.75, 3.05) is 20.6 Å². The molecule has 0 bridgehead atoms. The molecule has 1 fully saturated rings. The maximum Gasteiger partial charge on any atom is 0.0586 e. The lowest BCUT2D eigenvalue weighted by Gasteiger charge is -2.35. The normalized spacial score (nSPS) is 28.5. The lowest BCUT2D eigenvalue weighted by Crippen LogP contribution is -2.41. The Bertz CT molecular complexity index is 366. The first-order valence-electron chi connectivity index (χ1n) is 5.25. The molecule has 1 aliphatic rings. The van der Waals surface area contributed by atoms with Crippen LogP contribution in [0, 0.1) is 0 Å². The first kappa shape index (κ1) is 11.1. The van der Waals surface area contributed by atoms with E-state index >= 15 is 0 Å². The highest BCUT2D eigenvalue weighted by atomic mass is 79.9. The summed E-state index contributed by atoms with van der Waals surface area (Å²) in [6, 6.07) is 8.61. The van der Waals surface area contributed by atoms with E-state index in [0.717, 1.165) is 11.0 Å². The average molecular weight is 269 g/mol. The zero-order valence-electron chi connectivity index (χ0n) is 9.50. The molecule has 82 valence electrons. The summed E-state index contributed by atoms with van der Waals surface area (Å²) in [5.74, 6) is 0. The highest BCUT2D eigenvalue weighted by Gasteiger charge is 2.38. The fourth-order valence-corrected chi connectivity index (χ4v) is 2.62. The van der Waals surface area contributed by atoms with E-state index in [1.165, 1.54) is 12.0 Å². The van der Waals surface area contributed by atoms with Crippen molar-refractivity contribution in [3.05, 3.63) is 34.3 Å². The van der Waals surface area contributed by atoms with Crippen molar-refractivity contribution in [2.24, 2.45) is 0 Å². The lowest BCUT2D eigenvalue weighted by molar-refractivity contribution is 0.00355. The van der Waals surface area contributed by atoms with Gasteiger partial charge in [0.2, 0.25) is 0 Å². The molecule has 1 heterocycles. The van der Waals surface area contributed by atoms with Crippen molar-refractivity contribution in [1.82, 2.24) is 10.0 Å². The van der Waals surface area contributed by atoms with E-state index in [4.69, 9.17) is 0 Å². The SMILES string of the molecule is CN1CCC(C)(c2cccc(Br)c2)N1C. The molecular weight excluding hydrogens is 252 g/mol. The van der Waals surface area contributed by atoms with Crippen LogP contribution < -0.4 is 0 Å². The number of hydrogen-bond donors (Lipinski definition) is 0. The van der Waals surface area contributed by atoms with Gasteiger partial charge in [-0.2, -0.15) is 0 Å². The second-order valence-electron chi connectivity index (χ2n) is 4.44. The van der Waals surface area contributed by atoms with Gasteiger partial charge in [0.15, 0.2) is 0 Å². The molecule has 0 aromatic heterocycles. The van der Waals surface area contributed by atoms with E-state index in [-0.39, 0.29) is 5.54 Å². The van der Waals surface area contributed by atoms with Crippen molar-refractivity contribution < 1.29 is 0 Å². The topological polar surface area (TPSA) is 6.48 Å². The Morgan fingerprint density at radius 1 is 1.33 bits per heavy atom. The third kappa shape index (κ3) is 1.84. The minimum atomic E-state index is 0.137. The Balaban J connectivity index is 2.38. The smallest absolute Gasteiger partial charge is 0.0586 e. The van der Waals surface area contributed by atoms with Crippen molar-refractivity contribution in [2.45, 2.75) is 18.9 Å². The summed E-state index contributed by atoms with van der Waals surface area (Å²) in [5, 5.41) is 4.61. The zero-order valence-corrected chi connectivity index (χ0v) is 11.1. The zero-order chi connectivity index (χ0) is 11.1. The predicted octanol–water partition coefficient (Wildman–Crippen LogP) is 2.85. The van der Waals surface area contributed by atoms with E-state index in [9.17, 15) is 0 Å². The highest BCUT2D eigenvalue weighted by Crippen LogP contribution is 2.37. The van der Waals surface area contributed by atoms with Crippen molar-refractivity contribution in [3.63, 3.8) is 0 Å². The number of benzene rings is 1. The van der Waals surface area contributed by atoms with Gasteiger partial charge in [-0.15, -0.1) is 0 Å². The number of hydrazine groups is 1.